The number of rotatable bonds is 8. The highest BCUT2D eigenvalue weighted by Gasteiger charge is 2.35. The van der Waals surface area contributed by atoms with Gasteiger partial charge < -0.3 is 29.5 Å². The number of anilines is 5. The van der Waals surface area contributed by atoms with E-state index in [4.69, 9.17) is 14.5 Å². The highest BCUT2D eigenvalue weighted by Crippen LogP contribution is 2.38. The molecule has 3 aromatic heterocycles. The maximum atomic E-state index is 15.4. The molecule has 5 aliphatic rings. The first-order chi connectivity index (χ1) is 27.3. The van der Waals surface area contributed by atoms with Crippen molar-refractivity contribution in [1.29, 1.82) is 0 Å². The number of pyridine rings is 2. The van der Waals surface area contributed by atoms with Crippen molar-refractivity contribution in [3.8, 4) is 11.6 Å². The molecule has 0 unspecified atom stereocenters. The number of benzene rings is 1. The second kappa shape index (κ2) is 14.9. The SMILES string of the molecule is Cc1c(N2CCc3cnc(Nc4ccc(CC(=O)N5CCN(C6CN(c7ccc(N8CCC(=O)NC8=O)cn7)C6)CC5)c(F)c4)nc3C2)cnc2c1OCCO2. The van der Waals surface area contributed by atoms with Crippen molar-refractivity contribution in [1.82, 2.24) is 35.1 Å². The third kappa shape index (κ3) is 7.09. The van der Waals surface area contributed by atoms with Crippen molar-refractivity contribution in [2.75, 3.05) is 85.6 Å². The summed E-state index contributed by atoms with van der Waals surface area (Å²) in [7, 11) is 0. The fourth-order valence-electron chi connectivity index (χ4n) is 7.91. The number of hydrogen-bond acceptors (Lipinski definition) is 13. The molecule has 8 heterocycles. The molecule has 1 aromatic carbocycles. The monoisotopic (exact) mass is 763 g/mol. The number of ether oxygens (including phenoxy) is 2. The van der Waals surface area contributed by atoms with Crippen LogP contribution in [0.25, 0.3) is 0 Å². The fraction of sp³-hybridized carbons (Fsp3) is 0.410. The molecule has 0 atom stereocenters. The van der Waals surface area contributed by atoms with Crippen LogP contribution in [0, 0.1) is 12.7 Å². The van der Waals surface area contributed by atoms with E-state index in [1.165, 1.54) is 11.0 Å². The Morgan fingerprint density at radius 1 is 0.929 bits per heavy atom. The van der Waals surface area contributed by atoms with Crippen molar-refractivity contribution >= 4 is 46.7 Å². The predicted octanol–water partition coefficient (Wildman–Crippen LogP) is 2.81. The zero-order chi connectivity index (χ0) is 38.3. The second-order valence-electron chi connectivity index (χ2n) is 14.6. The lowest BCUT2D eigenvalue weighted by atomic mass is 10.1. The Bertz CT molecular complexity index is 2180. The van der Waals surface area contributed by atoms with Crippen LogP contribution in [0.1, 0.15) is 28.8 Å². The summed E-state index contributed by atoms with van der Waals surface area (Å²) in [6.45, 7) is 8.98. The molecular weight excluding hydrogens is 721 g/mol. The molecule has 3 fully saturated rings. The van der Waals surface area contributed by atoms with Gasteiger partial charge in [-0.1, -0.05) is 6.07 Å². The average molecular weight is 764 g/mol. The maximum absolute atomic E-state index is 15.4. The lowest BCUT2D eigenvalue weighted by molar-refractivity contribution is -0.132. The van der Waals surface area contributed by atoms with Gasteiger partial charge in [0.05, 0.1) is 42.4 Å². The van der Waals surface area contributed by atoms with Crippen LogP contribution in [0.15, 0.2) is 48.9 Å². The highest BCUT2D eigenvalue weighted by molar-refractivity contribution is 6.05. The molecule has 4 amide bonds. The summed E-state index contributed by atoms with van der Waals surface area (Å²) in [5.74, 6) is 1.59. The van der Waals surface area contributed by atoms with Gasteiger partial charge in [0.25, 0.3) is 5.88 Å². The topological polar surface area (TPSA) is 161 Å². The molecular formula is C39H42FN11O5. The van der Waals surface area contributed by atoms with E-state index in [-0.39, 0.29) is 24.7 Å². The van der Waals surface area contributed by atoms with Crippen LogP contribution < -0.4 is 34.8 Å². The standard InChI is InChI=1S/C39H42FN11O5/c1-24-32(20-42-37-36(24)55-14-15-56-37)49-8-6-26-18-43-38(45-31(26)23-49)44-27-3-2-25(30(40)17-27)16-35(53)48-12-10-47(11-13-48)29-21-50(22-29)33-5-4-28(19-41-33)51-9-7-34(52)46-39(51)54/h2-5,17-20,29H,6-16,21-23H2,1H3,(H,43,44,45)(H,46,52,54). The van der Waals surface area contributed by atoms with Crippen molar-refractivity contribution in [2.45, 2.75) is 38.8 Å². The Kier molecular flexibility index (Phi) is 9.44. The number of carbonyl (C=O) groups is 3. The van der Waals surface area contributed by atoms with E-state index in [0.717, 1.165) is 67.5 Å². The molecule has 0 radical (unpaired) electrons. The van der Waals surface area contributed by atoms with E-state index >= 15 is 4.39 Å². The molecule has 0 saturated carbocycles. The number of urea groups is 1. The molecule has 16 nitrogen and oxygen atoms in total. The predicted molar refractivity (Wildman–Crippen MR) is 204 cm³/mol. The van der Waals surface area contributed by atoms with Gasteiger partial charge in [-0.25, -0.2) is 29.1 Å². The van der Waals surface area contributed by atoms with E-state index in [1.54, 1.807) is 18.3 Å². The van der Waals surface area contributed by atoms with Crippen LogP contribution in [0.4, 0.5) is 38.0 Å². The minimum atomic E-state index is -0.460. The molecule has 4 aromatic rings. The van der Waals surface area contributed by atoms with Gasteiger partial charge in [-0.2, -0.15) is 0 Å². The van der Waals surface area contributed by atoms with Crippen molar-refractivity contribution in [3.63, 3.8) is 0 Å². The quantitative estimate of drug-likeness (QED) is 0.270. The van der Waals surface area contributed by atoms with Gasteiger partial charge in [0.1, 0.15) is 24.8 Å². The third-order valence-electron chi connectivity index (χ3n) is 11.2. The lowest BCUT2D eigenvalue weighted by Crippen LogP contribution is -2.63. The maximum Gasteiger partial charge on any atom is 0.328 e. The number of nitrogens with zero attached hydrogens (tertiary/aromatic N) is 9. The van der Waals surface area contributed by atoms with Gasteiger partial charge in [0, 0.05) is 82.3 Å². The highest BCUT2D eigenvalue weighted by atomic mass is 19.1. The van der Waals surface area contributed by atoms with E-state index in [2.05, 4.69) is 40.3 Å². The van der Waals surface area contributed by atoms with Crippen LogP contribution >= 0.6 is 0 Å². The summed E-state index contributed by atoms with van der Waals surface area (Å²) in [5, 5.41) is 5.47. The van der Waals surface area contributed by atoms with Gasteiger partial charge >= 0.3 is 6.03 Å². The van der Waals surface area contributed by atoms with Gasteiger partial charge in [-0.15, -0.1) is 0 Å². The Labute approximate surface area is 322 Å². The average Bonchev–Trinajstić information content (AvgIpc) is 3.19. The van der Waals surface area contributed by atoms with E-state index in [9.17, 15) is 14.4 Å². The van der Waals surface area contributed by atoms with Crippen LogP contribution in [-0.2, 0) is 29.0 Å². The summed E-state index contributed by atoms with van der Waals surface area (Å²) in [5.41, 5.74) is 5.40. The first-order valence-electron chi connectivity index (χ1n) is 19.0. The van der Waals surface area contributed by atoms with Crippen LogP contribution in [-0.4, -0.2) is 119 Å². The number of amides is 4. The Hall–Kier alpha value is -6.10. The zero-order valence-corrected chi connectivity index (χ0v) is 31.0. The lowest BCUT2D eigenvalue weighted by Gasteiger charge is -2.48. The van der Waals surface area contributed by atoms with E-state index < -0.39 is 11.8 Å². The van der Waals surface area contributed by atoms with Crippen LogP contribution in [0.5, 0.6) is 11.6 Å². The molecule has 56 heavy (non-hydrogen) atoms. The van der Waals surface area contributed by atoms with Crippen molar-refractivity contribution in [2.24, 2.45) is 0 Å². The number of halogens is 1. The molecule has 0 spiro atoms. The number of fused-ring (bicyclic) bond motifs is 2. The smallest absolute Gasteiger partial charge is 0.328 e. The molecule has 3 saturated heterocycles. The number of piperazine rings is 1. The number of carbonyl (C=O) groups excluding carboxylic acids is 3. The molecule has 5 aliphatic heterocycles. The Balaban J connectivity index is 0.747. The molecule has 2 N–H and O–H groups in total. The number of aromatic nitrogens is 4. The number of nitrogens with one attached hydrogen (secondary N) is 2. The van der Waals surface area contributed by atoms with Gasteiger partial charge in [0.15, 0.2) is 5.75 Å². The van der Waals surface area contributed by atoms with Crippen molar-refractivity contribution in [3.05, 3.63) is 77.1 Å². The first kappa shape index (κ1) is 35.6. The van der Waals surface area contributed by atoms with E-state index in [1.807, 2.05) is 36.4 Å². The number of imide groups is 1. The minimum Gasteiger partial charge on any atom is -0.484 e. The largest absolute Gasteiger partial charge is 0.484 e. The third-order valence-corrected chi connectivity index (χ3v) is 11.2. The molecule has 9 rings (SSSR count). The van der Waals surface area contributed by atoms with Gasteiger partial charge in [0.2, 0.25) is 17.8 Å². The first-order valence-corrected chi connectivity index (χ1v) is 19.0. The summed E-state index contributed by atoms with van der Waals surface area (Å²) in [4.78, 5) is 65.3. The van der Waals surface area contributed by atoms with Gasteiger partial charge in [-0.3, -0.25) is 24.7 Å². The van der Waals surface area contributed by atoms with Crippen LogP contribution in [0.3, 0.4) is 0 Å². The zero-order valence-electron chi connectivity index (χ0n) is 31.0. The summed E-state index contributed by atoms with van der Waals surface area (Å²) >= 11 is 0. The second-order valence-corrected chi connectivity index (χ2v) is 14.6. The normalized spacial score (nSPS) is 18.7. The van der Waals surface area contributed by atoms with Crippen molar-refractivity contribution < 1.29 is 28.2 Å². The van der Waals surface area contributed by atoms with Crippen LogP contribution in [0.2, 0.25) is 0 Å². The minimum absolute atomic E-state index is 0.0142. The van der Waals surface area contributed by atoms with Gasteiger partial charge in [-0.05, 0) is 48.7 Å². The molecule has 0 bridgehead atoms. The summed E-state index contributed by atoms with van der Waals surface area (Å²) in [6.07, 6.45) is 6.33. The molecule has 0 aliphatic carbocycles. The Morgan fingerprint density at radius 2 is 1.77 bits per heavy atom. The Morgan fingerprint density at radius 3 is 2.55 bits per heavy atom. The summed E-state index contributed by atoms with van der Waals surface area (Å²) < 4.78 is 26.8. The molecule has 290 valence electrons. The summed E-state index contributed by atoms with van der Waals surface area (Å²) in [6, 6.07) is 8.45. The fourth-order valence-corrected chi connectivity index (χ4v) is 7.91. The molecule has 17 heteroatoms. The number of hydrogen-bond donors (Lipinski definition) is 2. The van der Waals surface area contributed by atoms with E-state index in [0.29, 0.717) is 80.0 Å².